The van der Waals surface area contributed by atoms with E-state index in [-0.39, 0.29) is 0 Å². The fourth-order valence-electron chi connectivity index (χ4n) is 4.86. The highest BCUT2D eigenvalue weighted by Gasteiger charge is 2.16. The summed E-state index contributed by atoms with van der Waals surface area (Å²) in [6.45, 7) is 4.45. The normalized spacial score (nSPS) is 11.7. The van der Waals surface area contributed by atoms with Gasteiger partial charge in [-0.2, -0.15) is 10.5 Å². The number of hydrogen-bond donors (Lipinski definition) is 0. The number of nitrogens with zero attached hydrogens (tertiary/aromatic N) is 2. The maximum atomic E-state index is 10.2. The molecule has 2 nitrogen and oxygen atoms in total. The van der Waals surface area contributed by atoms with Crippen molar-refractivity contribution in [1.29, 1.82) is 10.5 Å². The minimum atomic E-state index is 0.689. The van der Waals surface area contributed by atoms with Gasteiger partial charge in [-0.1, -0.05) is 113 Å². The van der Waals surface area contributed by atoms with E-state index in [1.165, 1.54) is 38.5 Å². The first-order valence-electron chi connectivity index (χ1n) is 14.2. The number of unbranched alkanes of at least 4 members (excludes halogenated alkanes) is 6. The van der Waals surface area contributed by atoms with Gasteiger partial charge < -0.3 is 0 Å². The van der Waals surface area contributed by atoms with Crippen LogP contribution in [0.1, 0.15) is 98.6 Å². The van der Waals surface area contributed by atoms with Crippen molar-refractivity contribution in [3.63, 3.8) is 0 Å². The molecule has 0 aliphatic carbocycles. The molecule has 0 spiro atoms. The number of allylic oxidation sites excluding steroid dienone is 2. The molecule has 0 atom stereocenters. The summed E-state index contributed by atoms with van der Waals surface area (Å²) in [5.74, 6) is 0. The summed E-state index contributed by atoms with van der Waals surface area (Å²) in [5.41, 5.74) is 7.77. The van der Waals surface area contributed by atoms with Gasteiger partial charge >= 0.3 is 0 Å². The van der Waals surface area contributed by atoms with Gasteiger partial charge in [0.1, 0.15) is 0 Å². The van der Waals surface area contributed by atoms with Gasteiger partial charge in [-0.25, -0.2) is 0 Å². The fraction of sp³-hybridized carbons (Fsp3) is 0.333. The van der Waals surface area contributed by atoms with Gasteiger partial charge in [-0.15, -0.1) is 0 Å². The quantitative estimate of drug-likeness (QED) is 0.126. The highest BCUT2D eigenvalue weighted by molar-refractivity contribution is 5.94. The molecular formula is C36H40N2. The van der Waals surface area contributed by atoms with Gasteiger partial charge in [0, 0.05) is 0 Å². The maximum absolute atomic E-state index is 10.2. The first-order valence-corrected chi connectivity index (χ1v) is 14.2. The van der Waals surface area contributed by atoms with Gasteiger partial charge in [-0.3, -0.25) is 0 Å². The van der Waals surface area contributed by atoms with E-state index in [1.54, 1.807) is 0 Å². The summed E-state index contributed by atoms with van der Waals surface area (Å²) in [6, 6.07) is 29.6. The molecule has 3 rings (SSSR count). The van der Waals surface area contributed by atoms with Gasteiger partial charge in [0.25, 0.3) is 0 Å². The molecule has 0 saturated carbocycles. The van der Waals surface area contributed by atoms with Crippen LogP contribution in [-0.4, -0.2) is 0 Å². The second-order valence-corrected chi connectivity index (χ2v) is 9.95. The zero-order valence-corrected chi connectivity index (χ0v) is 23.0. The second kappa shape index (κ2) is 16.1. The Balaban J connectivity index is 2.15. The average molecular weight is 501 g/mol. The molecular weight excluding hydrogens is 460 g/mol. The molecule has 0 aromatic heterocycles. The summed E-state index contributed by atoms with van der Waals surface area (Å²) in [6.07, 6.45) is 15.1. The van der Waals surface area contributed by atoms with Crippen LogP contribution in [0.4, 0.5) is 0 Å². The van der Waals surface area contributed by atoms with Crippen molar-refractivity contribution < 1.29 is 0 Å². The van der Waals surface area contributed by atoms with Crippen molar-refractivity contribution >= 4 is 23.3 Å². The minimum Gasteiger partial charge on any atom is -0.192 e. The van der Waals surface area contributed by atoms with E-state index in [0.717, 1.165) is 59.1 Å². The molecule has 0 saturated heterocycles. The van der Waals surface area contributed by atoms with Gasteiger partial charge in [-0.05, 0) is 83.3 Å². The summed E-state index contributed by atoms with van der Waals surface area (Å²) in [4.78, 5) is 0. The molecule has 3 aromatic rings. The topological polar surface area (TPSA) is 47.6 Å². The number of aryl methyl sites for hydroxylation is 2. The molecule has 0 aliphatic rings. The van der Waals surface area contributed by atoms with E-state index in [0.29, 0.717) is 11.1 Å². The van der Waals surface area contributed by atoms with E-state index < -0.39 is 0 Å². The minimum absolute atomic E-state index is 0.689. The lowest BCUT2D eigenvalue weighted by Crippen LogP contribution is -2.02. The number of hydrogen-bond acceptors (Lipinski definition) is 2. The standard InChI is InChI=1S/C36H40N2/c1-3-5-7-15-21-31-25-36(34(28-38)24-30-19-13-10-14-20-30)32(22-16-8-6-4-2)26-35(31)33(27-37)23-29-17-11-9-12-18-29/h9-14,17-20,23-26H,3-8,15-16,21-22H2,1-2H3/b33-23-,34-24+. The van der Waals surface area contributed by atoms with Crippen LogP contribution >= 0.6 is 0 Å². The Labute approximate surface area is 230 Å². The van der Waals surface area contributed by atoms with E-state index in [2.05, 4.69) is 38.1 Å². The van der Waals surface area contributed by atoms with Crippen molar-refractivity contribution in [2.24, 2.45) is 0 Å². The van der Waals surface area contributed by atoms with Gasteiger partial charge in [0.05, 0.1) is 23.3 Å². The third-order valence-corrected chi connectivity index (χ3v) is 6.97. The Morgan fingerprint density at radius 3 is 1.32 bits per heavy atom. The first kappa shape index (κ1) is 28.7. The van der Waals surface area contributed by atoms with E-state index >= 15 is 0 Å². The van der Waals surface area contributed by atoms with Crippen molar-refractivity contribution in [2.75, 3.05) is 0 Å². The van der Waals surface area contributed by atoms with Crippen LogP contribution in [0.15, 0.2) is 72.8 Å². The third-order valence-electron chi connectivity index (χ3n) is 6.97. The van der Waals surface area contributed by atoms with Crippen LogP contribution in [0.5, 0.6) is 0 Å². The maximum Gasteiger partial charge on any atom is 0.0998 e. The predicted molar refractivity (Wildman–Crippen MR) is 162 cm³/mol. The Bertz CT molecular complexity index is 1180. The summed E-state index contributed by atoms with van der Waals surface area (Å²) < 4.78 is 0. The zero-order valence-electron chi connectivity index (χ0n) is 23.0. The molecule has 38 heavy (non-hydrogen) atoms. The average Bonchev–Trinajstić information content (AvgIpc) is 2.96. The summed E-state index contributed by atoms with van der Waals surface area (Å²) in [5, 5.41) is 20.5. The van der Waals surface area contributed by atoms with Crippen LogP contribution in [-0.2, 0) is 12.8 Å². The molecule has 0 aliphatic heterocycles. The molecule has 0 bridgehead atoms. The van der Waals surface area contributed by atoms with Crippen molar-refractivity contribution in [1.82, 2.24) is 0 Å². The molecule has 0 N–H and O–H groups in total. The van der Waals surface area contributed by atoms with Crippen LogP contribution in [0.2, 0.25) is 0 Å². The predicted octanol–water partition coefficient (Wildman–Crippen LogP) is 10.1. The molecule has 3 aromatic carbocycles. The Morgan fingerprint density at radius 2 is 0.974 bits per heavy atom. The molecule has 0 amide bonds. The summed E-state index contributed by atoms with van der Waals surface area (Å²) >= 11 is 0. The lowest BCUT2D eigenvalue weighted by Gasteiger charge is -2.17. The molecule has 194 valence electrons. The Hall–Kier alpha value is -3.88. The van der Waals surface area contributed by atoms with Gasteiger partial charge in [0.2, 0.25) is 0 Å². The number of rotatable bonds is 14. The monoisotopic (exact) mass is 500 g/mol. The van der Waals surface area contributed by atoms with Crippen molar-refractivity contribution in [3.8, 4) is 12.1 Å². The van der Waals surface area contributed by atoms with Gasteiger partial charge in [0.15, 0.2) is 0 Å². The molecule has 0 unspecified atom stereocenters. The van der Waals surface area contributed by atoms with Crippen molar-refractivity contribution in [3.05, 3.63) is 106 Å². The fourth-order valence-corrected chi connectivity index (χ4v) is 4.86. The molecule has 2 heteroatoms. The smallest absolute Gasteiger partial charge is 0.0998 e. The largest absolute Gasteiger partial charge is 0.192 e. The van der Waals surface area contributed by atoms with Crippen LogP contribution in [0, 0.1) is 22.7 Å². The summed E-state index contributed by atoms with van der Waals surface area (Å²) in [7, 11) is 0. The van der Waals surface area contributed by atoms with E-state index in [9.17, 15) is 10.5 Å². The second-order valence-electron chi connectivity index (χ2n) is 9.95. The number of nitriles is 2. The molecule has 0 fully saturated rings. The SMILES string of the molecule is CCCCCCc1cc(/C(C#N)=C\c2ccccc2)c(CCCCCC)cc1/C(C#N)=C/c1ccccc1. The Morgan fingerprint density at radius 1 is 0.579 bits per heavy atom. The highest BCUT2D eigenvalue weighted by Crippen LogP contribution is 2.32. The van der Waals surface area contributed by atoms with Crippen LogP contribution in [0.3, 0.4) is 0 Å². The zero-order chi connectivity index (χ0) is 27.0. The Kier molecular flexibility index (Phi) is 12.1. The first-order chi connectivity index (χ1) is 18.7. The third kappa shape index (κ3) is 8.61. The van der Waals surface area contributed by atoms with Crippen molar-refractivity contribution in [2.45, 2.75) is 78.1 Å². The lowest BCUT2D eigenvalue weighted by molar-refractivity contribution is 0.662. The number of benzene rings is 3. The highest BCUT2D eigenvalue weighted by atomic mass is 14.3. The lowest BCUT2D eigenvalue weighted by atomic mass is 9.86. The molecule has 0 radical (unpaired) electrons. The molecule has 0 heterocycles. The van der Waals surface area contributed by atoms with Crippen LogP contribution in [0.25, 0.3) is 23.3 Å². The van der Waals surface area contributed by atoms with E-state index in [1.807, 2.05) is 72.8 Å². The van der Waals surface area contributed by atoms with Crippen LogP contribution < -0.4 is 0 Å². The van der Waals surface area contributed by atoms with E-state index in [4.69, 9.17) is 0 Å².